The maximum Gasteiger partial charge on any atom is 0.173 e. The van der Waals surface area contributed by atoms with E-state index in [4.69, 9.17) is 18.0 Å². The van der Waals surface area contributed by atoms with E-state index in [-0.39, 0.29) is 4.99 Å². The summed E-state index contributed by atoms with van der Waals surface area (Å²) in [6.07, 6.45) is 5.98. The van der Waals surface area contributed by atoms with Crippen LogP contribution >= 0.6 is 12.2 Å². The quantitative estimate of drug-likeness (QED) is 0.679. The third-order valence-corrected chi connectivity index (χ3v) is 1.75. The van der Waals surface area contributed by atoms with E-state index < -0.39 is 0 Å². The summed E-state index contributed by atoms with van der Waals surface area (Å²) in [5.41, 5.74) is 5.87. The van der Waals surface area contributed by atoms with E-state index in [1.165, 1.54) is 29.7 Å². The summed E-state index contributed by atoms with van der Waals surface area (Å²) in [6.45, 7) is 0. The molecule has 6 nitrogen and oxygen atoms in total. The summed E-state index contributed by atoms with van der Waals surface area (Å²) in [5.74, 6) is 0.572. The van der Waals surface area contributed by atoms with Crippen LogP contribution in [0.2, 0.25) is 0 Å². The second kappa shape index (κ2) is 3.46. The first-order chi connectivity index (χ1) is 6.77. The Balaban J connectivity index is 2.36. The van der Waals surface area contributed by atoms with Crippen LogP contribution < -0.4 is 5.73 Å². The standard InChI is InChI=1S/C7H6N6S/c8-7(14)5-1-11-6(2-10-5)13-4-9-3-12-13/h1-4H,(H2,8,14). The second-order valence-electron chi connectivity index (χ2n) is 2.46. The molecule has 2 aromatic heterocycles. The molecule has 14 heavy (non-hydrogen) atoms. The topological polar surface area (TPSA) is 82.5 Å². The van der Waals surface area contributed by atoms with Gasteiger partial charge in [0.25, 0.3) is 0 Å². The van der Waals surface area contributed by atoms with Gasteiger partial charge in [-0.1, -0.05) is 12.2 Å². The van der Waals surface area contributed by atoms with Crippen molar-refractivity contribution in [3.05, 3.63) is 30.7 Å². The van der Waals surface area contributed by atoms with Crippen LogP contribution in [0.3, 0.4) is 0 Å². The van der Waals surface area contributed by atoms with Crippen LogP contribution in [-0.2, 0) is 0 Å². The van der Waals surface area contributed by atoms with Gasteiger partial charge >= 0.3 is 0 Å². The molecule has 2 aromatic rings. The van der Waals surface area contributed by atoms with Crippen molar-refractivity contribution in [2.75, 3.05) is 0 Å². The Kier molecular flexibility index (Phi) is 2.15. The second-order valence-corrected chi connectivity index (χ2v) is 2.90. The highest BCUT2D eigenvalue weighted by Gasteiger charge is 2.01. The number of nitrogens with two attached hydrogens (primary N) is 1. The molecule has 0 amide bonds. The SMILES string of the molecule is NC(=S)c1cnc(-n2cncn2)cn1. The molecule has 0 aliphatic rings. The van der Waals surface area contributed by atoms with Gasteiger partial charge in [-0.2, -0.15) is 5.10 Å². The highest BCUT2D eigenvalue weighted by atomic mass is 32.1. The Morgan fingerprint density at radius 2 is 2.21 bits per heavy atom. The smallest absolute Gasteiger partial charge is 0.173 e. The van der Waals surface area contributed by atoms with Gasteiger partial charge < -0.3 is 5.73 Å². The fourth-order valence-electron chi connectivity index (χ4n) is 0.893. The molecular formula is C7H6N6S. The lowest BCUT2D eigenvalue weighted by Gasteiger charge is -1.99. The molecule has 0 unspecified atom stereocenters. The number of aromatic nitrogens is 5. The molecule has 70 valence electrons. The maximum absolute atomic E-state index is 5.38. The Morgan fingerprint density at radius 1 is 1.36 bits per heavy atom. The van der Waals surface area contributed by atoms with E-state index >= 15 is 0 Å². The highest BCUT2D eigenvalue weighted by Crippen LogP contribution is 1.99. The number of thiocarbonyl (C=S) groups is 1. The van der Waals surface area contributed by atoms with Crippen molar-refractivity contribution in [2.24, 2.45) is 5.73 Å². The van der Waals surface area contributed by atoms with Gasteiger partial charge in [0.05, 0.1) is 12.4 Å². The minimum absolute atomic E-state index is 0.225. The summed E-state index contributed by atoms with van der Waals surface area (Å²) in [4.78, 5) is 12.1. The monoisotopic (exact) mass is 206 g/mol. The van der Waals surface area contributed by atoms with Crippen molar-refractivity contribution in [3.63, 3.8) is 0 Å². The highest BCUT2D eigenvalue weighted by molar-refractivity contribution is 7.80. The molecule has 0 radical (unpaired) electrons. The Labute approximate surface area is 84.8 Å². The number of rotatable bonds is 2. The van der Waals surface area contributed by atoms with Crippen LogP contribution in [0.4, 0.5) is 0 Å². The molecule has 0 spiro atoms. The van der Waals surface area contributed by atoms with E-state index in [1.807, 2.05) is 0 Å². The third kappa shape index (κ3) is 1.57. The minimum Gasteiger partial charge on any atom is -0.388 e. The van der Waals surface area contributed by atoms with Gasteiger partial charge in [-0.25, -0.2) is 19.6 Å². The predicted octanol–water partition coefficient (Wildman–Crippen LogP) is -0.308. The summed E-state index contributed by atoms with van der Waals surface area (Å²) >= 11 is 4.75. The van der Waals surface area contributed by atoms with Crippen LogP contribution in [0.25, 0.3) is 5.82 Å². The van der Waals surface area contributed by atoms with Crippen molar-refractivity contribution in [2.45, 2.75) is 0 Å². The molecule has 0 fully saturated rings. The average Bonchev–Trinajstić information content (AvgIpc) is 2.71. The summed E-state index contributed by atoms with van der Waals surface area (Å²) < 4.78 is 1.50. The molecule has 2 heterocycles. The molecule has 0 bridgehead atoms. The van der Waals surface area contributed by atoms with E-state index in [2.05, 4.69) is 20.1 Å². The van der Waals surface area contributed by atoms with Gasteiger partial charge in [0, 0.05) is 0 Å². The van der Waals surface area contributed by atoms with Crippen LogP contribution in [0.15, 0.2) is 25.0 Å². The van der Waals surface area contributed by atoms with Crippen molar-refractivity contribution in [1.82, 2.24) is 24.7 Å². The van der Waals surface area contributed by atoms with Crippen LogP contribution in [0.5, 0.6) is 0 Å². The van der Waals surface area contributed by atoms with Gasteiger partial charge in [0.2, 0.25) is 0 Å². The molecular weight excluding hydrogens is 200 g/mol. The van der Waals surface area contributed by atoms with Crippen molar-refractivity contribution >= 4 is 17.2 Å². The largest absolute Gasteiger partial charge is 0.388 e. The number of hydrogen-bond donors (Lipinski definition) is 1. The maximum atomic E-state index is 5.38. The lowest BCUT2D eigenvalue weighted by atomic mass is 10.4. The predicted molar refractivity (Wildman–Crippen MR) is 52.8 cm³/mol. The molecule has 0 saturated carbocycles. The van der Waals surface area contributed by atoms with E-state index in [1.54, 1.807) is 0 Å². The molecule has 0 aliphatic heterocycles. The first-order valence-electron chi connectivity index (χ1n) is 3.74. The molecule has 7 heteroatoms. The zero-order chi connectivity index (χ0) is 9.97. The Morgan fingerprint density at radius 3 is 2.71 bits per heavy atom. The van der Waals surface area contributed by atoms with Gasteiger partial charge in [-0.15, -0.1) is 0 Å². The lowest BCUT2D eigenvalue weighted by Crippen LogP contribution is -2.12. The first-order valence-corrected chi connectivity index (χ1v) is 4.15. The van der Waals surface area contributed by atoms with E-state index in [0.717, 1.165) is 0 Å². The normalized spacial score (nSPS) is 10.0. The van der Waals surface area contributed by atoms with Gasteiger partial charge in [-0.3, -0.25) is 0 Å². The molecule has 2 N–H and O–H groups in total. The molecule has 0 saturated heterocycles. The number of hydrogen-bond acceptors (Lipinski definition) is 5. The zero-order valence-corrected chi connectivity index (χ0v) is 7.85. The van der Waals surface area contributed by atoms with Crippen molar-refractivity contribution in [1.29, 1.82) is 0 Å². The fraction of sp³-hybridized carbons (Fsp3) is 0. The Bertz CT molecular complexity index is 434. The van der Waals surface area contributed by atoms with Crippen molar-refractivity contribution in [3.8, 4) is 5.82 Å². The third-order valence-electron chi connectivity index (χ3n) is 1.54. The van der Waals surface area contributed by atoms with E-state index in [0.29, 0.717) is 11.5 Å². The molecule has 2 rings (SSSR count). The van der Waals surface area contributed by atoms with E-state index in [9.17, 15) is 0 Å². The minimum atomic E-state index is 0.225. The van der Waals surface area contributed by atoms with Crippen LogP contribution in [-0.4, -0.2) is 29.7 Å². The Hall–Kier alpha value is -1.89. The number of nitrogens with zero attached hydrogens (tertiary/aromatic N) is 5. The summed E-state index contributed by atoms with van der Waals surface area (Å²) in [6, 6.07) is 0. The fourth-order valence-corrected chi connectivity index (χ4v) is 0.999. The summed E-state index contributed by atoms with van der Waals surface area (Å²) in [7, 11) is 0. The van der Waals surface area contributed by atoms with Gasteiger partial charge in [-0.05, 0) is 0 Å². The molecule has 0 aromatic carbocycles. The first kappa shape index (κ1) is 8.70. The van der Waals surface area contributed by atoms with Crippen LogP contribution in [0.1, 0.15) is 5.69 Å². The molecule has 0 atom stereocenters. The summed E-state index contributed by atoms with van der Waals surface area (Å²) in [5, 5.41) is 3.90. The van der Waals surface area contributed by atoms with Gasteiger partial charge in [0.15, 0.2) is 5.82 Å². The van der Waals surface area contributed by atoms with Gasteiger partial charge in [0.1, 0.15) is 23.3 Å². The van der Waals surface area contributed by atoms with Crippen LogP contribution in [0, 0.1) is 0 Å². The lowest BCUT2D eigenvalue weighted by molar-refractivity contribution is 0.835. The van der Waals surface area contributed by atoms with Crippen molar-refractivity contribution < 1.29 is 0 Å². The average molecular weight is 206 g/mol. The molecule has 0 aliphatic carbocycles. The zero-order valence-electron chi connectivity index (χ0n) is 7.03.